The number of carbonyl (C=O) groups excluding carboxylic acids is 1. The van der Waals surface area contributed by atoms with E-state index in [1.54, 1.807) is 37.3 Å². The van der Waals surface area contributed by atoms with Gasteiger partial charge in [0.1, 0.15) is 11.6 Å². The smallest absolute Gasteiger partial charge is 0.237 e. The molecule has 0 fully saturated rings. The minimum atomic E-state index is -0.542. The number of nitrogens with one attached hydrogen (secondary N) is 1. The van der Waals surface area contributed by atoms with E-state index in [0.29, 0.717) is 28.3 Å². The highest BCUT2D eigenvalue weighted by Crippen LogP contribution is 2.30. The summed E-state index contributed by atoms with van der Waals surface area (Å²) in [5, 5.41) is 11.6. The van der Waals surface area contributed by atoms with Crippen molar-refractivity contribution in [3.05, 3.63) is 77.9 Å². The van der Waals surface area contributed by atoms with E-state index in [0.717, 1.165) is 0 Å². The van der Waals surface area contributed by atoms with Gasteiger partial charge in [0.2, 0.25) is 5.91 Å². The number of anilines is 1. The SMILES string of the molecule is C=CCn1c(SC(C)C(=O)Nc2ccccc2F)nnc1C(C)Oc1ccccc1Cl. The summed E-state index contributed by atoms with van der Waals surface area (Å²) in [6, 6.07) is 13.2. The van der Waals surface area contributed by atoms with Crippen molar-refractivity contribution in [1.29, 1.82) is 0 Å². The van der Waals surface area contributed by atoms with E-state index in [2.05, 4.69) is 22.1 Å². The normalized spacial score (nSPS) is 12.8. The number of amides is 1. The standard InChI is InChI=1S/C22H22ClFN4O2S/c1-4-13-28-20(14(2)30-19-12-8-5-9-16(19)23)26-27-22(28)31-15(3)21(29)25-18-11-7-6-10-17(18)24/h4-12,14-15H,1,13H2,2-3H3,(H,25,29). The van der Waals surface area contributed by atoms with Crippen molar-refractivity contribution in [3.8, 4) is 5.75 Å². The van der Waals surface area contributed by atoms with E-state index in [1.807, 2.05) is 23.6 Å². The monoisotopic (exact) mass is 460 g/mol. The molecule has 0 spiro atoms. The summed E-state index contributed by atoms with van der Waals surface area (Å²) in [5.41, 5.74) is 0.134. The molecule has 31 heavy (non-hydrogen) atoms. The number of thioether (sulfide) groups is 1. The van der Waals surface area contributed by atoms with E-state index >= 15 is 0 Å². The van der Waals surface area contributed by atoms with Crippen LogP contribution < -0.4 is 10.1 Å². The molecule has 3 rings (SSSR count). The number of halogens is 2. The van der Waals surface area contributed by atoms with Crippen molar-refractivity contribution in [2.24, 2.45) is 0 Å². The third-order valence-corrected chi connectivity index (χ3v) is 5.74. The number of rotatable bonds is 9. The lowest BCUT2D eigenvalue weighted by Crippen LogP contribution is -2.23. The minimum absolute atomic E-state index is 0.134. The average Bonchev–Trinajstić information content (AvgIpc) is 3.14. The van der Waals surface area contributed by atoms with Gasteiger partial charge in [-0.15, -0.1) is 16.8 Å². The maximum atomic E-state index is 13.8. The van der Waals surface area contributed by atoms with Crippen LogP contribution in [0.25, 0.3) is 0 Å². The Morgan fingerprint density at radius 3 is 2.68 bits per heavy atom. The Kier molecular flexibility index (Phi) is 7.70. The maximum absolute atomic E-state index is 13.8. The molecule has 0 bridgehead atoms. The van der Waals surface area contributed by atoms with Gasteiger partial charge in [0.15, 0.2) is 17.1 Å². The molecule has 2 aromatic carbocycles. The first-order chi connectivity index (χ1) is 14.9. The quantitative estimate of drug-likeness (QED) is 0.336. The molecule has 2 atom stereocenters. The van der Waals surface area contributed by atoms with Gasteiger partial charge >= 0.3 is 0 Å². The zero-order valence-corrected chi connectivity index (χ0v) is 18.7. The summed E-state index contributed by atoms with van der Waals surface area (Å²) in [6.45, 7) is 7.78. The van der Waals surface area contributed by atoms with Crippen LogP contribution in [0.2, 0.25) is 5.02 Å². The van der Waals surface area contributed by atoms with Crippen molar-refractivity contribution in [1.82, 2.24) is 14.8 Å². The number of para-hydroxylation sites is 2. The number of benzene rings is 2. The lowest BCUT2D eigenvalue weighted by atomic mass is 10.3. The molecule has 9 heteroatoms. The molecular formula is C22H22ClFN4O2S. The van der Waals surface area contributed by atoms with Crippen molar-refractivity contribution >= 4 is 35.0 Å². The van der Waals surface area contributed by atoms with E-state index in [9.17, 15) is 9.18 Å². The molecule has 0 aliphatic heterocycles. The second-order valence-electron chi connectivity index (χ2n) is 6.66. The molecule has 0 saturated carbocycles. The molecule has 162 valence electrons. The third kappa shape index (κ3) is 5.65. The summed E-state index contributed by atoms with van der Waals surface area (Å²) >= 11 is 7.40. The van der Waals surface area contributed by atoms with Crippen LogP contribution in [0.15, 0.2) is 66.3 Å². The van der Waals surface area contributed by atoms with Crippen molar-refractivity contribution < 1.29 is 13.9 Å². The Morgan fingerprint density at radius 1 is 1.26 bits per heavy atom. The zero-order valence-electron chi connectivity index (χ0n) is 17.1. The molecule has 0 aliphatic rings. The lowest BCUT2D eigenvalue weighted by Gasteiger charge is -2.17. The van der Waals surface area contributed by atoms with Gasteiger partial charge in [-0.2, -0.15) is 0 Å². The van der Waals surface area contributed by atoms with Gasteiger partial charge in [-0.3, -0.25) is 9.36 Å². The second kappa shape index (κ2) is 10.5. The second-order valence-corrected chi connectivity index (χ2v) is 8.37. The van der Waals surface area contributed by atoms with Gasteiger partial charge in [0.05, 0.1) is 16.0 Å². The number of ether oxygens (including phenoxy) is 1. The molecule has 1 aromatic heterocycles. The molecule has 6 nitrogen and oxygen atoms in total. The fraction of sp³-hybridized carbons (Fsp3) is 0.227. The van der Waals surface area contributed by atoms with Gasteiger partial charge in [0, 0.05) is 6.54 Å². The van der Waals surface area contributed by atoms with Crippen LogP contribution in [-0.2, 0) is 11.3 Å². The third-order valence-electron chi connectivity index (χ3n) is 4.34. The van der Waals surface area contributed by atoms with Gasteiger partial charge in [-0.1, -0.05) is 53.7 Å². The number of aromatic nitrogens is 3. The van der Waals surface area contributed by atoms with Crippen molar-refractivity contribution in [2.45, 2.75) is 36.9 Å². The summed E-state index contributed by atoms with van der Waals surface area (Å²) in [5.74, 6) is 0.279. The van der Waals surface area contributed by atoms with Crippen LogP contribution in [-0.4, -0.2) is 25.9 Å². The highest BCUT2D eigenvalue weighted by atomic mass is 35.5. The van der Waals surface area contributed by atoms with E-state index in [1.165, 1.54) is 23.9 Å². The Labute approximate surface area is 189 Å². The van der Waals surface area contributed by atoms with Crippen molar-refractivity contribution in [2.75, 3.05) is 5.32 Å². The van der Waals surface area contributed by atoms with Gasteiger partial charge in [-0.05, 0) is 38.1 Å². The van der Waals surface area contributed by atoms with Crippen LogP contribution in [0.5, 0.6) is 5.75 Å². The predicted octanol–water partition coefficient (Wildman–Crippen LogP) is 5.52. The van der Waals surface area contributed by atoms with Gasteiger partial charge in [-0.25, -0.2) is 4.39 Å². The maximum Gasteiger partial charge on any atom is 0.237 e. The molecule has 0 radical (unpaired) electrons. The summed E-state index contributed by atoms with van der Waals surface area (Å²) in [4.78, 5) is 12.5. The molecule has 0 saturated heterocycles. The van der Waals surface area contributed by atoms with Crippen LogP contribution in [0.4, 0.5) is 10.1 Å². The topological polar surface area (TPSA) is 69.0 Å². The summed E-state index contributed by atoms with van der Waals surface area (Å²) in [6.07, 6.45) is 1.27. The van der Waals surface area contributed by atoms with E-state index < -0.39 is 17.2 Å². The fourth-order valence-corrected chi connectivity index (χ4v) is 3.83. The number of allylic oxidation sites excluding steroid dienone is 1. The Bertz CT molecular complexity index is 1080. The molecular weight excluding hydrogens is 439 g/mol. The Hall–Kier alpha value is -2.84. The molecule has 1 heterocycles. The molecule has 1 amide bonds. The molecule has 3 aromatic rings. The first kappa shape index (κ1) is 22.8. The molecule has 0 aliphatic carbocycles. The lowest BCUT2D eigenvalue weighted by molar-refractivity contribution is -0.115. The van der Waals surface area contributed by atoms with Gasteiger partial charge in [0.25, 0.3) is 0 Å². The Balaban J connectivity index is 1.75. The number of nitrogens with zero attached hydrogens (tertiary/aromatic N) is 3. The van der Waals surface area contributed by atoms with Gasteiger partial charge < -0.3 is 10.1 Å². The summed E-state index contributed by atoms with van der Waals surface area (Å²) in [7, 11) is 0. The van der Waals surface area contributed by atoms with E-state index in [-0.39, 0.29) is 11.6 Å². The van der Waals surface area contributed by atoms with E-state index in [4.69, 9.17) is 16.3 Å². The average molecular weight is 461 g/mol. The first-order valence-corrected chi connectivity index (χ1v) is 10.8. The van der Waals surface area contributed by atoms with Crippen LogP contribution in [0.3, 0.4) is 0 Å². The van der Waals surface area contributed by atoms with Crippen molar-refractivity contribution in [3.63, 3.8) is 0 Å². The number of hydrogen-bond donors (Lipinski definition) is 1. The first-order valence-electron chi connectivity index (χ1n) is 9.58. The minimum Gasteiger partial charge on any atom is -0.481 e. The van der Waals surface area contributed by atoms with Crippen LogP contribution in [0, 0.1) is 5.82 Å². The fourth-order valence-electron chi connectivity index (χ4n) is 2.78. The highest BCUT2D eigenvalue weighted by Gasteiger charge is 2.23. The molecule has 1 N–H and O–H groups in total. The highest BCUT2D eigenvalue weighted by molar-refractivity contribution is 8.00. The Morgan fingerprint density at radius 2 is 1.97 bits per heavy atom. The largest absolute Gasteiger partial charge is 0.481 e. The zero-order chi connectivity index (χ0) is 22.4. The van der Waals surface area contributed by atoms with Crippen LogP contribution in [0.1, 0.15) is 25.8 Å². The number of carbonyl (C=O) groups is 1. The summed E-state index contributed by atoms with van der Waals surface area (Å²) < 4.78 is 21.6. The number of hydrogen-bond acceptors (Lipinski definition) is 5. The van der Waals surface area contributed by atoms with Crippen LogP contribution >= 0.6 is 23.4 Å². The predicted molar refractivity (Wildman–Crippen MR) is 121 cm³/mol. The molecule has 2 unspecified atom stereocenters.